The van der Waals surface area contributed by atoms with Gasteiger partial charge in [-0.1, -0.05) is 39.5 Å². The van der Waals surface area contributed by atoms with Crippen molar-refractivity contribution in [3.63, 3.8) is 0 Å². The third-order valence-electron chi connectivity index (χ3n) is 3.20. The fourth-order valence-corrected chi connectivity index (χ4v) is 2.92. The third-order valence-corrected chi connectivity index (χ3v) is 4.28. The van der Waals surface area contributed by atoms with Crippen LogP contribution in [0.4, 0.5) is 0 Å². The average molecular weight is 369 g/mol. The van der Waals surface area contributed by atoms with Crippen molar-refractivity contribution in [3.8, 4) is 18.1 Å². The summed E-state index contributed by atoms with van der Waals surface area (Å²) in [6.07, 6.45) is 7.83. The Morgan fingerprint density at radius 3 is 2.95 bits per heavy atom. The van der Waals surface area contributed by atoms with Gasteiger partial charge in [-0.05, 0) is 31.5 Å². The molecule has 0 radical (unpaired) electrons. The van der Waals surface area contributed by atoms with Gasteiger partial charge < -0.3 is 9.64 Å². The van der Waals surface area contributed by atoms with Gasteiger partial charge in [0.25, 0.3) is 0 Å². The summed E-state index contributed by atoms with van der Waals surface area (Å²) >= 11 is 9.71. The number of benzene rings is 1. The smallest absolute Gasteiger partial charge is 0.241 e. The van der Waals surface area contributed by atoms with Crippen LogP contribution in [0.25, 0.3) is 5.70 Å². The van der Waals surface area contributed by atoms with Crippen molar-refractivity contribution in [3.05, 3.63) is 34.9 Å². The van der Waals surface area contributed by atoms with Crippen molar-refractivity contribution in [1.29, 1.82) is 0 Å². The predicted molar refractivity (Wildman–Crippen MR) is 88.5 cm³/mol. The summed E-state index contributed by atoms with van der Waals surface area (Å²) in [6.45, 7) is 2.73. The maximum atomic E-state index is 12.2. The van der Waals surface area contributed by atoms with E-state index in [1.807, 2.05) is 19.1 Å². The summed E-state index contributed by atoms with van der Waals surface area (Å²) in [5.74, 6) is 3.08. The molecule has 1 aliphatic rings. The van der Waals surface area contributed by atoms with Crippen LogP contribution in [-0.2, 0) is 4.79 Å². The van der Waals surface area contributed by atoms with Crippen LogP contribution in [0.2, 0.25) is 5.02 Å². The molecule has 3 nitrogen and oxygen atoms in total. The van der Waals surface area contributed by atoms with Crippen molar-refractivity contribution in [2.75, 3.05) is 13.2 Å². The Balaban J connectivity index is 2.33. The standard InChI is InChI=1S/C16H15BrClNO2/c1-3-9-21-11-5-6-12(14(18)10-11)15-8-7-13(17)16(20)19(15)4-2/h1,5-6,8,10,13H,4,7,9H2,2H3. The second-order valence-electron chi connectivity index (χ2n) is 4.51. The Kier molecular flexibility index (Phi) is 5.33. The van der Waals surface area contributed by atoms with Crippen LogP contribution in [-0.4, -0.2) is 28.8 Å². The molecule has 1 atom stereocenters. The molecule has 1 aliphatic heterocycles. The number of hydrogen-bond acceptors (Lipinski definition) is 2. The van der Waals surface area contributed by atoms with Gasteiger partial charge in [-0.3, -0.25) is 4.79 Å². The van der Waals surface area contributed by atoms with E-state index >= 15 is 0 Å². The van der Waals surface area contributed by atoms with Gasteiger partial charge in [-0.25, -0.2) is 0 Å². The van der Waals surface area contributed by atoms with Crippen LogP contribution in [0, 0.1) is 12.3 Å². The molecule has 0 aromatic heterocycles. The van der Waals surface area contributed by atoms with Crippen molar-refractivity contribution in [1.82, 2.24) is 4.90 Å². The Morgan fingerprint density at radius 2 is 2.33 bits per heavy atom. The molecule has 1 unspecified atom stereocenters. The number of ether oxygens (including phenoxy) is 1. The van der Waals surface area contributed by atoms with Gasteiger partial charge in [0.15, 0.2) is 0 Å². The Labute approximate surface area is 138 Å². The van der Waals surface area contributed by atoms with Gasteiger partial charge in [-0.15, -0.1) is 6.42 Å². The molecular weight excluding hydrogens is 354 g/mol. The number of nitrogens with zero attached hydrogens (tertiary/aromatic N) is 1. The summed E-state index contributed by atoms with van der Waals surface area (Å²) in [5.41, 5.74) is 1.66. The molecule has 0 saturated carbocycles. The molecule has 2 rings (SSSR count). The number of allylic oxidation sites excluding steroid dienone is 1. The van der Waals surface area contributed by atoms with E-state index in [0.29, 0.717) is 23.7 Å². The normalized spacial score (nSPS) is 18.2. The van der Waals surface area contributed by atoms with E-state index in [-0.39, 0.29) is 17.3 Å². The number of halogens is 2. The number of carbonyl (C=O) groups excluding carboxylic acids is 1. The Hall–Kier alpha value is -1.44. The van der Waals surface area contributed by atoms with Gasteiger partial charge in [0.2, 0.25) is 5.91 Å². The first-order valence-electron chi connectivity index (χ1n) is 6.60. The van der Waals surface area contributed by atoms with E-state index in [2.05, 4.69) is 21.9 Å². The highest BCUT2D eigenvalue weighted by Gasteiger charge is 2.29. The predicted octanol–water partition coefficient (Wildman–Crippen LogP) is 3.71. The molecule has 0 aliphatic carbocycles. The van der Waals surface area contributed by atoms with E-state index < -0.39 is 0 Å². The Morgan fingerprint density at radius 1 is 1.57 bits per heavy atom. The largest absolute Gasteiger partial charge is 0.481 e. The van der Waals surface area contributed by atoms with Gasteiger partial charge in [0.05, 0.1) is 9.85 Å². The Bertz CT molecular complexity index is 621. The van der Waals surface area contributed by atoms with E-state index in [1.54, 1.807) is 17.0 Å². The highest BCUT2D eigenvalue weighted by atomic mass is 79.9. The minimum atomic E-state index is -0.168. The van der Waals surface area contributed by atoms with Gasteiger partial charge >= 0.3 is 0 Å². The SMILES string of the molecule is C#CCOc1ccc(C2=CCC(Br)C(=O)N2CC)c(Cl)c1. The zero-order chi connectivity index (χ0) is 15.4. The summed E-state index contributed by atoms with van der Waals surface area (Å²) in [6, 6.07) is 5.37. The second kappa shape index (κ2) is 7.02. The van der Waals surface area contributed by atoms with Gasteiger partial charge in [0, 0.05) is 17.8 Å². The van der Waals surface area contributed by atoms with E-state index in [9.17, 15) is 4.79 Å². The summed E-state index contributed by atoms with van der Waals surface area (Å²) in [4.78, 5) is 13.8. The van der Waals surface area contributed by atoms with Crippen molar-refractivity contribution < 1.29 is 9.53 Å². The molecule has 5 heteroatoms. The number of terminal acetylenes is 1. The maximum Gasteiger partial charge on any atom is 0.241 e. The minimum Gasteiger partial charge on any atom is -0.481 e. The van der Waals surface area contributed by atoms with Gasteiger partial charge in [0.1, 0.15) is 12.4 Å². The lowest BCUT2D eigenvalue weighted by Crippen LogP contribution is -2.38. The van der Waals surface area contributed by atoms with Crippen LogP contribution in [0.3, 0.4) is 0 Å². The number of amides is 1. The lowest BCUT2D eigenvalue weighted by molar-refractivity contribution is -0.127. The van der Waals surface area contributed by atoms with Crippen molar-refractivity contribution in [2.45, 2.75) is 18.2 Å². The molecule has 0 N–H and O–H groups in total. The molecule has 1 amide bonds. The second-order valence-corrected chi connectivity index (χ2v) is 6.02. The van der Waals surface area contributed by atoms with Crippen LogP contribution >= 0.6 is 27.5 Å². The highest BCUT2D eigenvalue weighted by molar-refractivity contribution is 9.10. The molecule has 0 spiro atoms. The summed E-state index contributed by atoms with van der Waals surface area (Å²) in [7, 11) is 0. The van der Waals surface area contributed by atoms with E-state index in [1.165, 1.54) is 0 Å². The maximum absolute atomic E-state index is 12.2. The van der Waals surface area contributed by atoms with Crippen LogP contribution in [0.5, 0.6) is 5.75 Å². The number of alkyl halides is 1. The van der Waals surface area contributed by atoms with Crippen molar-refractivity contribution in [2.24, 2.45) is 0 Å². The molecule has 0 fully saturated rings. The molecule has 21 heavy (non-hydrogen) atoms. The zero-order valence-electron chi connectivity index (χ0n) is 11.6. The summed E-state index contributed by atoms with van der Waals surface area (Å²) in [5, 5.41) is 0.537. The van der Waals surface area contributed by atoms with Gasteiger partial charge in [-0.2, -0.15) is 0 Å². The number of rotatable bonds is 4. The fraction of sp³-hybridized carbons (Fsp3) is 0.312. The highest BCUT2D eigenvalue weighted by Crippen LogP contribution is 2.34. The summed E-state index contributed by atoms with van der Waals surface area (Å²) < 4.78 is 5.34. The molecule has 0 saturated heterocycles. The van der Waals surface area contributed by atoms with Crippen LogP contribution in [0.1, 0.15) is 18.9 Å². The van der Waals surface area contributed by atoms with E-state index in [4.69, 9.17) is 22.8 Å². The third kappa shape index (κ3) is 3.42. The quantitative estimate of drug-likeness (QED) is 0.599. The number of hydrogen-bond donors (Lipinski definition) is 0. The first-order chi connectivity index (χ1) is 10.1. The molecule has 1 aromatic carbocycles. The molecule has 1 aromatic rings. The molecule has 0 bridgehead atoms. The van der Waals surface area contributed by atoms with Crippen LogP contribution < -0.4 is 4.74 Å². The molecule has 110 valence electrons. The van der Waals surface area contributed by atoms with Crippen molar-refractivity contribution >= 4 is 39.1 Å². The zero-order valence-corrected chi connectivity index (χ0v) is 13.9. The minimum absolute atomic E-state index is 0.0544. The average Bonchev–Trinajstić information content (AvgIpc) is 2.48. The first-order valence-corrected chi connectivity index (χ1v) is 7.89. The number of carbonyl (C=O) groups is 1. The topological polar surface area (TPSA) is 29.5 Å². The first kappa shape index (κ1) is 15.9. The molecular formula is C16H15BrClNO2. The molecule has 1 heterocycles. The monoisotopic (exact) mass is 367 g/mol. The lowest BCUT2D eigenvalue weighted by atomic mass is 10.0. The van der Waals surface area contributed by atoms with Crippen LogP contribution in [0.15, 0.2) is 24.3 Å². The fourth-order valence-electron chi connectivity index (χ4n) is 2.21. The van der Waals surface area contributed by atoms with E-state index in [0.717, 1.165) is 11.3 Å². The lowest BCUT2D eigenvalue weighted by Gasteiger charge is -2.30.